The maximum absolute atomic E-state index is 5.68. The Morgan fingerprint density at radius 2 is 1.45 bits per heavy atom. The van der Waals surface area contributed by atoms with Gasteiger partial charge in [-0.3, -0.25) is 0 Å². The Balaban J connectivity index is 3.02. The first kappa shape index (κ1) is 8.81. The van der Waals surface area contributed by atoms with Crippen LogP contribution in [-0.2, 0) is 0 Å². The van der Waals surface area contributed by atoms with Gasteiger partial charge < -0.3 is 5.73 Å². The van der Waals surface area contributed by atoms with Gasteiger partial charge >= 0.3 is 0 Å². The van der Waals surface area contributed by atoms with Crippen LogP contribution < -0.4 is 5.73 Å². The molecule has 0 aliphatic carbocycles. The summed E-state index contributed by atoms with van der Waals surface area (Å²) in [6.07, 6.45) is 4.11. The average molecular weight is 185 g/mol. The lowest BCUT2D eigenvalue weighted by molar-refractivity contribution is 1.34. The molecule has 0 spiro atoms. The Kier molecular flexibility index (Phi) is 3.15. The van der Waals surface area contributed by atoms with Crippen LogP contribution in [0.3, 0.4) is 0 Å². The Bertz CT molecular complexity index is 226. The summed E-state index contributed by atoms with van der Waals surface area (Å²) in [6, 6.07) is 6.13. The molecule has 1 aromatic carbocycles. The van der Waals surface area contributed by atoms with Crippen LogP contribution in [-0.4, -0.2) is 12.5 Å². The van der Waals surface area contributed by atoms with E-state index in [9.17, 15) is 0 Å². The zero-order chi connectivity index (χ0) is 8.27. The lowest BCUT2D eigenvalue weighted by atomic mass is 10.3. The van der Waals surface area contributed by atoms with Crippen LogP contribution in [0.1, 0.15) is 0 Å². The molecule has 0 atom stereocenters. The third-order valence-corrected chi connectivity index (χ3v) is 2.79. The van der Waals surface area contributed by atoms with Gasteiger partial charge in [-0.25, -0.2) is 0 Å². The Hall–Kier alpha value is -0.280. The van der Waals surface area contributed by atoms with Crippen molar-refractivity contribution in [1.82, 2.24) is 0 Å². The van der Waals surface area contributed by atoms with Gasteiger partial charge in [-0.15, -0.1) is 23.5 Å². The molecule has 0 radical (unpaired) electrons. The smallest absolute Gasteiger partial charge is 0.0336 e. The summed E-state index contributed by atoms with van der Waals surface area (Å²) in [5, 5.41) is 0. The normalized spacial score (nSPS) is 10.0. The predicted octanol–water partition coefficient (Wildman–Crippen LogP) is 2.71. The van der Waals surface area contributed by atoms with Crippen molar-refractivity contribution >= 4 is 29.2 Å². The molecule has 0 saturated heterocycles. The number of benzene rings is 1. The van der Waals surface area contributed by atoms with E-state index in [1.807, 2.05) is 12.1 Å². The zero-order valence-electron chi connectivity index (χ0n) is 6.63. The van der Waals surface area contributed by atoms with E-state index >= 15 is 0 Å². The summed E-state index contributed by atoms with van der Waals surface area (Å²) in [6.45, 7) is 0. The Labute approximate surface area is 75.7 Å². The van der Waals surface area contributed by atoms with Gasteiger partial charge in [0.1, 0.15) is 0 Å². The van der Waals surface area contributed by atoms with E-state index in [4.69, 9.17) is 5.73 Å². The summed E-state index contributed by atoms with van der Waals surface area (Å²) in [7, 11) is 0. The Morgan fingerprint density at radius 3 is 1.82 bits per heavy atom. The molecule has 60 valence electrons. The number of hydrogen-bond acceptors (Lipinski definition) is 3. The lowest BCUT2D eigenvalue weighted by Crippen LogP contribution is -1.85. The topological polar surface area (TPSA) is 26.0 Å². The number of rotatable bonds is 2. The number of nitrogens with two attached hydrogens (primary N) is 1. The molecule has 0 unspecified atom stereocenters. The van der Waals surface area contributed by atoms with Crippen LogP contribution in [0.4, 0.5) is 5.69 Å². The van der Waals surface area contributed by atoms with Crippen LogP contribution in [0.5, 0.6) is 0 Å². The van der Waals surface area contributed by atoms with Gasteiger partial charge in [0.25, 0.3) is 0 Å². The van der Waals surface area contributed by atoms with Gasteiger partial charge in [0.15, 0.2) is 0 Å². The highest BCUT2D eigenvalue weighted by molar-refractivity contribution is 7.99. The van der Waals surface area contributed by atoms with Gasteiger partial charge in [0, 0.05) is 15.5 Å². The molecule has 0 amide bonds. The minimum absolute atomic E-state index is 0.848. The average Bonchev–Trinajstić information content (AvgIpc) is 2.03. The molecule has 11 heavy (non-hydrogen) atoms. The second-order valence-corrected chi connectivity index (χ2v) is 3.91. The fourth-order valence-electron chi connectivity index (χ4n) is 0.829. The van der Waals surface area contributed by atoms with Crippen molar-refractivity contribution in [2.24, 2.45) is 0 Å². The van der Waals surface area contributed by atoms with E-state index in [2.05, 4.69) is 18.6 Å². The number of nitrogen functional groups attached to an aromatic ring is 1. The number of hydrogen-bond donors (Lipinski definition) is 1. The second-order valence-electron chi connectivity index (χ2n) is 2.15. The summed E-state index contributed by atoms with van der Waals surface area (Å²) >= 11 is 3.44. The van der Waals surface area contributed by atoms with E-state index in [0.717, 1.165) is 5.69 Å². The highest BCUT2D eigenvalue weighted by Gasteiger charge is 1.95. The number of thioether (sulfide) groups is 2. The first-order valence-corrected chi connectivity index (χ1v) is 5.69. The third-order valence-electron chi connectivity index (χ3n) is 1.37. The lowest BCUT2D eigenvalue weighted by Gasteiger charge is -2.01. The van der Waals surface area contributed by atoms with Crippen LogP contribution in [0.25, 0.3) is 0 Å². The fraction of sp³-hybridized carbons (Fsp3) is 0.250. The molecule has 0 heterocycles. The van der Waals surface area contributed by atoms with Crippen molar-refractivity contribution in [1.29, 1.82) is 0 Å². The van der Waals surface area contributed by atoms with Gasteiger partial charge in [0.2, 0.25) is 0 Å². The van der Waals surface area contributed by atoms with Crippen LogP contribution in [0, 0.1) is 0 Å². The largest absolute Gasteiger partial charge is 0.399 e. The van der Waals surface area contributed by atoms with Crippen molar-refractivity contribution < 1.29 is 0 Å². The van der Waals surface area contributed by atoms with E-state index in [1.165, 1.54) is 9.79 Å². The zero-order valence-corrected chi connectivity index (χ0v) is 8.26. The molecule has 2 N–H and O–H groups in total. The van der Waals surface area contributed by atoms with E-state index in [0.29, 0.717) is 0 Å². The van der Waals surface area contributed by atoms with Crippen LogP contribution >= 0.6 is 23.5 Å². The Morgan fingerprint density at radius 1 is 1.00 bits per heavy atom. The van der Waals surface area contributed by atoms with Crippen molar-refractivity contribution in [3.8, 4) is 0 Å². The maximum atomic E-state index is 5.68. The van der Waals surface area contributed by atoms with Crippen LogP contribution in [0.15, 0.2) is 28.0 Å². The summed E-state index contributed by atoms with van der Waals surface area (Å²) in [4.78, 5) is 2.46. The minimum Gasteiger partial charge on any atom is -0.399 e. The highest BCUT2D eigenvalue weighted by Crippen LogP contribution is 2.25. The molecule has 1 aromatic rings. The molecule has 0 aliphatic heterocycles. The first-order valence-electron chi connectivity index (χ1n) is 3.25. The maximum Gasteiger partial charge on any atom is 0.0336 e. The van der Waals surface area contributed by atoms with Gasteiger partial charge in [-0.05, 0) is 30.7 Å². The summed E-state index contributed by atoms with van der Waals surface area (Å²) in [5.41, 5.74) is 6.53. The molecule has 0 saturated carbocycles. The second kappa shape index (κ2) is 3.93. The van der Waals surface area contributed by atoms with Gasteiger partial charge in [-0.2, -0.15) is 0 Å². The molecular weight excluding hydrogens is 174 g/mol. The quantitative estimate of drug-likeness (QED) is 0.566. The molecule has 1 nitrogen and oxygen atoms in total. The summed E-state index contributed by atoms with van der Waals surface area (Å²) in [5.74, 6) is 0. The molecule has 3 heteroatoms. The fourth-order valence-corrected chi connectivity index (χ4v) is 1.90. The van der Waals surface area contributed by atoms with E-state index in [1.54, 1.807) is 23.5 Å². The molecule has 1 rings (SSSR count). The first-order chi connectivity index (χ1) is 5.26. The van der Waals surface area contributed by atoms with E-state index in [-0.39, 0.29) is 0 Å². The van der Waals surface area contributed by atoms with Gasteiger partial charge in [-0.1, -0.05) is 0 Å². The SMILES string of the molecule is CSc1cc(N)cc(SC)c1. The number of anilines is 1. The van der Waals surface area contributed by atoms with Crippen molar-refractivity contribution in [2.45, 2.75) is 9.79 Å². The summed E-state index contributed by atoms with van der Waals surface area (Å²) < 4.78 is 0. The van der Waals surface area contributed by atoms with Crippen molar-refractivity contribution in [3.63, 3.8) is 0 Å². The molecule has 0 aliphatic rings. The minimum atomic E-state index is 0.848. The monoisotopic (exact) mass is 185 g/mol. The van der Waals surface area contributed by atoms with Gasteiger partial charge in [0.05, 0.1) is 0 Å². The molecule has 0 fully saturated rings. The van der Waals surface area contributed by atoms with Crippen LogP contribution in [0.2, 0.25) is 0 Å². The molecular formula is C8H11NS2. The molecule has 0 bridgehead atoms. The highest BCUT2D eigenvalue weighted by atomic mass is 32.2. The standard InChI is InChI=1S/C8H11NS2/c1-10-7-3-6(9)4-8(5-7)11-2/h3-5H,9H2,1-2H3. The molecule has 0 aromatic heterocycles. The van der Waals surface area contributed by atoms with Crippen molar-refractivity contribution in [2.75, 3.05) is 18.2 Å². The predicted molar refractivity (Wildman–Crippen MR) is 54.4 cm³/mol. The third kappa shape index (κ3) is 2.34. The van der Waals surface area contributed by atoms with Crippen molar-refractivity contribution in [3.05, 3.63) is 18.2 Å². The van der Waals surface area contributed by atoms with E-state index < -0.39 is 0 Å².